The SMILES string of the molecule is COC(=O)C1CCNC(c2ccc(F)cc2F)C1.Cl.O=C(O)C1CCN(C(=O)O)C(c2ccc(F)cc2F)C1. The maximum Gasteiger partial charge on any atom is 0.407 e. The molecule has 4 atom stereocenters. The molecule has 2 fully saturated rings. The third-order valence-electron chi connectivity index (χ3n) is 6.80. The van der Waals surface area contributed by atoms with Gasteiger partial charge in [0.1, 0.15) is 23.3 Å². The number of hydrogen-bond acceptors (Lipinski definition) is 5. The highest BCUT2D eigenvalue weighted by atomic mass is 35.5. The van der Waals surface area contributed by atoms with Gasteiger partial charge < -0.3 is 25.2 Å². The number of amides is 1. The average Bonchev–Trinajstić information content (AvgIpc) is 2.88. The van der Waals surface area contributed by atoms with Crippen LogP contribution < -0.4 is 5.32 Å². The van der Waals surface area contributed by atoms with Crippen LogP contribution in [0.1, 0.15) is 48.9 Å². The zero-order chi connectivity index (χ0) is 28.0. The standard InChI is InChI=1S/C13H13F2NO4.C13H15F2NO2.ClH/c14-8-1-2-9(10(15)6-8)11-5-7(12(17)18)3-4-16(11)13(19)20;1-18-13(17)8-4-5-16-12(6-8)10-3-2-9(14)7-11(10)15;/h1-2,6-7,11H,3-5H2,(H,17,18)(H,19,20);2-3,7-8,12,16H,4-6H2,1H3;1H. The lowest BCUT2D eigenvalue weighted by Gasteiger charge is -2.36. The van der Waals surface area contributed by atoms with E-state index in [1.807, 2.05) is 0 Å². The number of carboxylic acid groups (broad SMARTS) is 2. The highest BCUT2D eigenvalue weighted by Gasteiger charge is 2.37. The van der Waals surface area contributed by atoms with Crippen molar-refractivity contribution < 1.29 is 46.9 Å². The van der Waals surface area contributed by atoms with E-state index in [2.05, 4.69) is 5.32 Å². The van der Waals surface area contributed by atoms with E-state index in [1.165, 1.54) is 19.2 Å². The Hall–Kier alpha value is -3.38. The van der Waals surface area contributed by atoms with Crippen molar-refractivity contribution in [3.8, 4) is 0 Å². The number of aliphatic carboxylic acids is 1. The van der Waals surface area contributed by atoms with Crippen LogP contribution in [0, 0.1) is 35.1 Å². The summed E-state index contributed by atoms with van der Waals surface area (Å²) in [5, 5.41) is 21.3. The molecule has 4 rings (SSSR count). The van der Waals surface area contributed by atoms with Crippen LogP contribution in [-0.2, 0) is 14.3 Å². The Morgan fingerprint density at radius 2 is 1.49 bits per heavy atom. The fraction of sp³-hybridized carbons (Fsp3) is 0.423. The van der Waals surface area contributed by atoms with Crippen molar-refractivity contribution in [2.45, 2.75) is 37.8 Å². The summed E-state index contributed by atoms with van der Waals surface area (Å²) < 4.78 is 57.9. The number of rotatable bonds is 4. The molecule has 2 heterocycles. The van der Waals surface area contributed by atoms with Crippen molar-refractivity contribution in [3.05, 3.63) is 70.8 Å². The third-order valence-corrected chi connectivity index (χ3v) is 6.80. The summed E-state index contributed by atoms with van der Waals surface area (Å²) in [6.45, 7) is 0.620. The van der Waals surface area contributed by atoms with E-state index in [9.17, 15) is 31.9 Å². The van der Waals surface area contributed by atoms with Gasteiger partial charge in [-0.25, -0.2) is 22.4 Å². The van der Waals surface area contributed by atoms with Crippen LogP contribution in [0.15, 0.2) is 36.4 Å². The molecule has 0 aromatic heterocycles. The number of likely N-dealkylation sites (tertiary alicyclic amines) is 1. The Morgan fingerprint density at radius 1 is 0.897 bits per heavy atom. The van der Waals surface area contributed by atoms with E-state index in [1.54, 1.807) is 0 Å². The van der Waals surface area contributed by atoms with Gasteiger partial charge in [-0.15, -0.1) is 12.4 Å². The lowest BCUT2D eigenvalue weighted by Crippen LogP contribution is -2.42. The van der Waals surface area contributed by atoms with Gasteiger partial charge >= 0.3 is 18.0 Å². The van der Waals surface area contributed by atoms with Gasteiger partial charge in [-0.05, 0) is 44.4 Å². The second kappa shape index (κ2) is 14.1. The second-order valence-electron chi connectivity index (χ2n) is 9.13. The van der Waals surface area contributed by atoms with Gasteiger partial charge in [-0.1, -0.05) is 12.1 Å². The first-order valence-electron chi connectivity index (χ1n) is 11.9. The lowest BCUT2D eigenvalue weighted by atomic mass is 9.87. The van der Waals surface area contributed by atoms with Crippen LogP contribution in [-0.4, -0.2) is 53.3 Å². The van der Waals surface area contributed by atoms with Crippen molar-refractivity contribution in [1.29, 1.82) is 0 Å². The van der Waals surface area contributed by atoms with E-state index in [0.29, 0.717) is 31.0 Å². The maximum atomic E-state index is 13.8. The first-order chi connectivity index (χ1) is 18.0. The summed E-state index contributed by atoms with van der Waals surface area (Å²) in [6.07, 6.45) is 0.0503. The van der Waals surface area contributed by atoms with Crippen LogP contribution >= 0.6 is 12.4 Å². The van der Waals surface area contributed by atoms with Crippen molar-refractivity contribution in [2.24, 2.45) is 11.8 Å². The van der Waals surface area contributed by atoms with Gasteiger partial charge in [0.15, 0.2) is 0 Å². The first kappa shape index (κ1) is 31.8. The molecule has 39 heavy (non-hydrogen) atoms. The van der Waals surface area contributed by atoms with E-state index in [0.717, 1.165) is 23.1 Å². The third kappa shape index (κ3) is 8.06. The molecule has 13 heteroatoms. The molecule has 3 N–H and O–H groups in total. The Labute approximate surface area is 228 Å². The fourth-order valence-corrected chi connectivity index (χ4v) is 4.80. The molecule has 0 saturated carbocycles. The smallest absolute Gasteiger partial charge is 0.407 e. The average molecular weight is 577 g/mol. The van der Waals surface area contributed by atoms with E-state index in [4.69, 9.17) is 14.9 Å². The number of hydrogen-bond donors (Lipinski definition) is 3. The number of piperidine rings is 2. The molecule has 0 aliphatic carbocycles. The highest BCUT2D eigenvalue weighted by Crippen LogP contribution is 2.36. The number of esters is 1. The Balaban J connectivity index is 0.000000268. The molecule has 2 saturated heterocycles. The molecular formula is C26H29ClF4N2O6. The summed E-state index contributed by atoms with van der Waals surface area (Å²) in [6, 6.07) is 5.17. The topological polar surface area (TPSA) is 116 Å². The van der Waals surface area contributed by atoms with Crippen LogP contribution in [0.4, 0.5) is 22.4 Å². The molecule has 2 aliphatic heterocycles. The number of benzene rings is 2. The molecule has 2 aromatic carbocycles. The van der Waals surface area contributed by atoms with Gasteiger partial charge in [0.25, 0.3) is 0 Å². The zero-order valence-electron chi connectivity index (χ0n) is 20.9. The van der Waals surface area contributed by atoms with Crippen LogP contribution in [0.25, 0.3) is 0 Å². The van der Waals surface area contributed by atoms with E-state index in [-0.39, 0.29) is 55.3 Å². The minimum atomic E-state index is -1.25. The van der Waals surface area contributed by atoms with Gasteiger partial charge in [0.05, 0.1) is 25.0 Å². The summed E-state index contributed by atoms with van der Waals surface area (Å²) in [4.78, 5) is 34.7. The second-order valence-corrected chi connectivity index (χ2v) is 9.13. The van der Waals surface area contributed by atoms with Crippen molar-refractivity contribution in [3.63, 3.8) is 0 Å². The number of carboxylic acids is 1. The predicted molar refractivity (Wildman–Crippen MR) is 133 cm³/mol. The number of carbonyl (C=O) groups is 3. The van der Waals surface area contributed by atoms with Crippen LogP contribution in [0.3, 0.4) is 0 Å². The molecule has 4 unspecified atom stereocenters. The molecule has 0 bridgehead atoms. The number of nitrogens with one attached hydrogen (secondary N) is 1. The first-order valence-corrected chi connectivity index (χ1v) is 11.9. The van der Waals surface area contributed by atoms with E-state index < -0.39 is 47.3 Å². The zero-order valence-corrected chi connectivity index (χ0v) is 21.7. The van der Waals surface area contributed by atoms with Crippen LogP contribution in [0.5, 0.6) is 0 Å². The van der Waals surface area contributed by atoms with Crippen molar-refractivity contribution in [1.82, 2.24) is 10.2 Å². The minimum Gasteiger partial charge on any atom is -0.481 e. The minimum absolute atomic E-state index is 0. The van der Waals surface area contributed by atoms with Gasteiger partial charge in [-0.3, -0.25) is 9.59 Å². The summed E-state index contributed by atoms with van der Waals surface area (Å²) in [5.74, 6) is -5.10. The van der Waals surface area contributed by atoms with Gasteiger partial charge in [0.2, 0.25) is 0 Å². The predicted octanol–water partition coefficient (Wildman–Crippen LogP) is 5.08. The molecule has 0 spiro atoms. The van der Waals surface area contributed by atoms with Crippen LogP contribution in [0.2, 0.25) is 0 Å². The van der Waals surface area contributed by atoms with E-state index >= 15 is 0 Å². The Morgan fingerprint density at radius 3 is 2.00 bits per heavy atom. The number of halogens is 5. The largest absolute Gasteiger partial charge is 0.481 e. The lowest BCUT2D eigenvalue weighted by molar-refractivity contribution is -0.147. The normalized spacial score (nSPS) is 22.5. The number of ether oxygens (including phenoxy) is 1. The number of methoxy groups -OCH3 is 1. The molecular weight excluding hydrogens is 548 g/mol. The summed E-state index contributed by atoms with van der Waals surface area (Å²) in [7, 11) is 1.35. The number of carbonyl (C=O) groups excluding carboxylic acids is 1. The highest BCUT2D eigenvalue weighted by molar-refractivity contribution is 5.85. The number of nitrogens with zero attached hydrogens (tertiary/aromatic N) is 1. The molecule has 2 aromatic rings. The summed E-state index contributed by atoms with van der Waals surface area (Å²) >= 11 is 0. The van der Waals surface area contributed by atoms with Gasteiger partial charge in [0, 0.05) is 35.8 Å². The molecule has 214 valence electrons. The summed E-state index contributed by atoms with van der Waals surface area (Å²) in [5.41, 5.74) is 0.393. The molecule has 1 amide bonds. The maximum absolute atomic E-state index is 13.8. The fourth-order valence-electron chi connectivity index (χ4n) is 4.80. The molecule has 2 aliphatic rings. The Kier molecular flexibility index (Phi) is 11.5. The Bertz CT molecular complexity index is 1190. The van der Waals surface area contributed by atoms with Crippen molar-refractivity contribution in [2.75, 3.05) is 20.2 Å². The van der Waals surface area contributed by atoms with Gasteiger partial charge in [-0.2, -0.15) is 0 Å². The quantitative estimate of drug-likeness (QED) is 0.343. The van der Waals surface area contributed by atoms with Crippen molar-refractivity contribution >= 4 is 30.4 Å². The molecule has 8 nitrogen and oxygen atoms in total. The monoisotopic (exact) mass is 576 g/mol. The molecule has 0 radical (unpaired) electrons.